The smallest absolute Gasteiger partial charge is 0.276 e. The molecule has 2 aromatic heterocycles. The molecule has 0 spiro atoms. The minimum absolute atomic E-state index is 0.286. The van der Waals surface area contributed by atoms with Gasteiger partial charge < -0.3 is 4.57 Å². The topological polar surface area (TPSA) is 81.2 Å². The molecule has 1 fully saturated rings. The van der Waals surface area contributed by atoms with Crippen molar-refractivity contribution in [3.8, 4) is 0 Å². The van der Waals surface area contributed by atoms with Crippen molar-refractivity contribution in [1.29, 1.82) is 0 Å². The second-order valence-electron chi connectivity index (χ2n) is 6.71. The van der Waals surface area contributed by atoms with Crippen molar-refractivity contribution in [2.24, 2.45) is 11.1 Å². The number of nitrogens with two attached hydrogens (primary N) is 1. The average Bonchev–Trinajstić information content (AvgIpc) is 2.86. The van der Waals surface area contributed by atoms with Crippen LogP contribution in [0.5, 0.6) is 0 Å². The predicted molar refractivity (Wildman–Crippen MR) is 94.9 cm³/mol. The van der Waals surface area contributed by atoms with Gasteiger partial charge in [0.2, 0.25) is 0 Å². The van der Waals surface area contributed by atoms with Crippen LogP contribution in [0.1, 0.15) is 11.1 Å². The molecule has 1 aliphatic rings. The van der Waals surface area contributed by atoms with Crippen molar-refractivity contribution in [3.05, 3.63) is 41.7 Å². The Bertz CT molecular complexity index is 1050. The lowest BCUT2D eigenvalue weighted by molar-refractivity contribution is 0.181. The van der Waals surface area contributed by atoms with Gasteiger partial charge >= 0.3 is 0 Å². The monoisotopic (exact) mass is 344 g/mol. The predicted octanol–water partition coefficient (Wildman–Crippen LogP) is 1.94. The van der Waals surface area contributed by atoms with Crippen LogP contribution < -0.4 is 5.14 Å². The summed E-state index contributed by atoms with van der Waals surface area (Å²) in [7, 11) is -3.55. The van der Waals surface area contributed by atoms with Crippen molar-refractivity contribution in [2.45, 2.75) is 20.4 Å². The van der Waals surface area contributed by atoms with E-state index in [0.29, 0.717) is 13.1 Å². The summed E-state index contributed by atoms with van der Waals surface area (Å²) in [5.41, 5.74) is 4.63. The summed E-state index contributed by atoms with van der Waals surface area (Å²) >= 11 is 0. The van der Waals surface area contributed by atoms with Crippen LogP contribution in [0.15, 0.2) is 30.6 Å². The summed E-state index contributed by atoms with van der Waals surface area (Å²) in [6.45, 7) is 5.95. The maximum atomic E-state index is 11.3. The molecule has 1 aliphatic heterocycles. The molecule has 6 nitrogen and oxygen atoms in total. The summed E-state index contributed by atoms with van der Waals surface area (Å²) in [5.74, 6) is 0.286. The molecule has 0 atom stereocenters. The van der Waals surface area contributed by atoms with E-state index >= 15 is 0 Å². The number of hydrogen-bond acceptors (Lipinski definition) is 3. The number of aryl methyl sites for hydroxylation is 2. The molecule has 0 amide bonds. The third-order valence-electron chi connectivity index (χ3n) is 4.94. The highest BCUT2D eigenvalue weighted by Gasteiger charge is 2.33. The fourth-order valence-electron chi connectivity index (χ4n) is 3.42. The number of pyridine rings is 1. The molecule has 126 valence electrons. The van der Waals surface area contributed by atoms with Gasteiger partial charge in [0.25, 0.3) is 10.2 Å². The highest BCUT2D eigenvalue weighted by atomic mass is 32.2. The first-order valence-electron chi connectivity index (χ1n) is 7.95. The standard InChI is InChI=1S/C17H20N4O2S/c1-11-5-15-16(6-12(11)2)19-7-14-3-4-20(17(14)15)8-13-9-21(10-13)24(18,22)23/h3-7,13H,8-10H2,1-2H3,(H2,18,22,23). The molecule has 0 radical (unpaired) electrons. The number of fused-ring (bicyclic) bond motifs is 3. The lowest BCUT2D eigenvalue weighted by Gasteiger charge is -2.37. The van der Waals surface area contributed by atoms with Gasteiger partial charge in [0.1, 0.15) is 0 Å². The minimum Gasteiger partial charge on any atom is -0.347 e. The Balaban J connectivity index is 1.72. The Labute approximate surface area is 141 Å². The molecule has 1 saturated heterocycles. The molecule has 2 N–H and O–H groups in total. The van der Waals surface area contributed by atoms with Gasteiger partial charge in [-0.3, -0.25) is 4.98 Å². The molecule has 3 aromatic rings. The van der Waals surface area contributed by atoms with Crippen LogP contribution in [0.4, 0.5) is 0 Å². The zero-order valence-electron chi connectivity index (χ0n) is 13.7. The van der Waals surface area contributed by atoms with Crippen molar-refractivity contribution in [3.63, 3.8) is 0 Å². The fourth-order valence-corrected chi connectivity index (χ4v) is 4.25. The molecule has 0 aliphatic carbocycles. The Morgan fingerprint density at radius 3 is 2.67 bits per heavy atom. The molecule has 1 aromatic carbocycles. The molecule has 0 unspecified atom stereocenters. The van der Waals surface area contributed by atoms with E-state index in [0.717, 1.165) is 28.4 Å². The Morgan fingerprint density at radius 1 is 1.25 bits per heavy atom. The van der Waals surface area contributed by atoms with Gasteiger partial charge in [-0.25, -0.2) is 5.14 Å². The SMILES string of the molecule is Cc1cc2ncc3ccn(CC4CN(S(N)(=O)=O)C4)c3c2cc1C. The lowest BCUT2D eigenvalue weighted by atomic mass is 10.0. The molecule has 24 heavy (non-hydrogen) atoms. The van der Waals surface area contributed by atoms with Crippen LogP contribution in [0.3, 0.4) is 0 Å². The Morgan fingerprint density at radius 2 is 1.96 bits per heavy atom. The Kier molecular flexibility index (Phi) is 3.42. The average molecular weight is 344 g/mol. The van der Waals surface area contributed by atoms with E-state index in [1.54, 1.807) is 0 Å². The van der Waals surface area contributed by atoms with Crippen LogP contribution in [-0.4, -0.2) is 35.4 Å². The van der Waals surface area contributed by atoms with E-state index < -0.39 is 10.2 Å². The van der Waals surface area contributed by atoms with Crippen LogP contribution in [0.2, 0.25) is 0 Å². The molecule has 0 saturated carbocycles. The van der Waals surface area contributed by atoms with Gasteiger partial charge in [-0.15, -0.1) is 0 Å². The Hall–Kier alpha value is -1.96. The summed E-state index contributed by atoms with van der Waals surface area (Å²) < 4.78 is 26.1. The number of hydrogen-bond donors (Lipinski definition) is 1. The highest BCUT2D eigenvalue weighted by Crippen LogP contribution is 2.29. The zero-order chi connectivity index (χ0) is 17.1. The number of benzene rings is 1. The van der Waals surface area contributed by atoms with Gasteiger partial charge in [-0.2, -0.15) is 12.7 Å². The van der Waals surface area contributed by atoms with Crippen LogP contribution in [0, 0.1) is 19.8 Å². The van der Waals surface area contributed by atoms with Gasteiger partial charge in [-0.1, -0.05) is 0 Å². The zero-order valence-corrected chi connectivity index (χ0v) is 14.5. The van der Waals surface area contributed by atoms with Gasteiger partial charge in [0.05, 0.1) is 11.0 Å². The van der Waals surface area contributed by atoms with E-state index in [-0.39, 0.29) is 5.92 Å². The molecular formula is C17H20N4O2S. The first-order valence-corrected chi connectivity index (χ1v) is 9.46. The third-order valence-corrected chi connectivity index (χ3v) is 5.96. The first kappa shape index (κ1) is 15.6. The lowest BCUT2D eigenvalue weighted by Crippen LogP contribution is -2.53. The van der Waals surface area contributed by atoms with Crippen LogP contribution in [-0.2, 0) is 16.8 Å². The van der Waals surface area contributed by atoms with Crippen molar-refractivity contribution in [1.82, 2.24) is 13.9 Å². The van der Waals surface area contributed by atoms with Gasteiger partial charge in [0, 0.05) is 48.7 Å². The maximum absolute atomic E-state index is 11.3. The largest absolute Gasteiger partial charge is 0.347 e. The second kappa shape index (κ2) is 5.27. The van der Waals surface area contributed by atoms with Gasteiger partial charge in [-0.05, 0) is 43.2 Å². The first-order chi connectivity index (χ1) is 11.3. The van der Waals surface area contributed by atoms with Crippen molar-refractivity contribution in [2.75, 3.05) is 13.1 Å². The third kappa shape index (κ3) is 2.49. The minimum atomic E-state index is -3.55. The molecule has 0 bridgehead atoms. The molecular weight excluding hydrogens is 324 g/mol. The molecule has 3 heterocycles. The van der Waals surface area contributed by atoms with E-state index in [2.05, 4.69) is 47.8 Å². The normalized spacial score (nSPS) is 16.8. The van der Waals surface area contributed by atoms with E-state index in [1.807, 2.05) is 6.20 Å². The summed E-state index contributed by atoms with van der Waals surface area (Å²) in [6.07, 6.45) is 3.96. The number of aromatic nitrogens is 2. The number of nitrogens with zero attached hydrogens (tertiary/aromatic N) is 3. The summed E-state index contributed by atoms with van der Waals surface area (Å²) in [6, 6.07) is 6.37. The molecule has 7 heteroatoms. The van der Waals surface area contributed by atoms with Crippen molar-refractivity contribution < 1.29 is 8.42 Å². The van der Waals surface area contributed by atoms with Crippen LogP contribution >= 0.6 is 0 Å². The van der Waals surface area contributed by atoms with Crippen LogP contribution in [0.25, 0.3) is 21.8 Å². The van der Waals surface area contributed by atoms with Crippen molar-refractivity contribution >= 4 is 32.0 Å². The van der Waals surface area contributed by atoms with E-state index in [1.165, 1.54) is 15.4 Å². The quantitative estimate of drug-likeness (QED) is 0.788. The summed E-state index contributed by atoms with van der Waals surface area (Å²) in [5, 5.41) is 7.40. The van der Waals surface area contributed by atoms with Gasteiger partial charge in [0.15, 0.2) is 0 Å². The maximum Gasteiger partial charge on any atom is 0.276 e. The molecule has 4 rings (SSSR count). The van der Waals surface area contributed by atoms with E-state index in [9.17, 15) is 8.42 Å². The second-order valence-corrected chi connectivity index (χ2v) is 8.26. The summed E-state index contributed by atoms with van der Waals surface area (Å²) in [4.78, 5) is 4.56. The van der Waals surface area contributed by atoms with E-state index in [4.69, 9.17) is 5.14 Å². The number of rotatable bonds is 3. The highest BCUT2D eigenvalue weighted by molar-refractivity contribution is 7.86. The fraction of sp³-hybridized carbons (Fsp3) is 0.353.